The zero-order valence-electron chi connectivity index (χ0n) is 23.7. The lowest BCUT2D eigenvalue weighted by Gasteiger charge is -2.34. The van der Waals surface area contributed by atoms with Gasteiger partial charge in [0.2, 0.25) is 0 Å². The molecule has 0 aliphatic carbocycles. The number of carboxylic acid groups (broad SMARTS) is 1. The molecule has 0 saturated carbocycles. The van der Waals surface area contributed by atoms with Crippen LogP contribution in [0.2, 0.25) is 0 Å². The summed E-state index contributed by atoms with van der Waals surface area (Å²) in [7, 11) is 0. The molecule has 1 aliphatic rings. The van der Waals surface area contributed by atoms with Crippen molar-refractivity contribution >= 4 is 57.8 Å². The summed E-state index contributed by atoms with van der Waals surface area (Å²) in [6.07, 6.45) is 4.76. The SMILES string of the molecule is CC(=O)OCC(=O)N[C@H]1CCCN(c2nc3cc(C(=O)Nc4nc(C(C)(C)C)cs4)ccn3c(=O)c2/C=C/C(=O)O)C1. The summed E-state index contributed by atoms with van der Waals surface area (Å²) in [5.74, 6) is -2.46. The number of rotatable bonds is 8. The predicted molar refractivity (Wildman–Crippen MR) is 157 cm³/mol. The minimum atomic E-state index is -1.23. The van der Waals surface area contributed by atoms with Crippen LogP contribution >= 0.6 is 11.3 Å². The lowest BCUT2D eigenvalue weighted by Crippen LogP contribution is -2.49. The van der Waals surface area contributed by atoms with Crippen molar-refractivity contribution < 1.29 is 29.0 Å². The molecule has 4 heterocycles. The van der Waals surface area contributed by atoms with Gasteiger partial charge in [0.25, 0.3) is 17.4 Å². The number of ether oxygens (including phenoxy) is 1. The van der Waals surface area contributed by atoms with Gasteiger partial charge >= 0.3 is 11.9 Å². The zero-order chi connectivity index (χ0) is 30.6. The molecule has 0 bridgehead atoms. The minimum absolute atomic E-state index is 0.0523. The van der Waals surface area contributed by atoms with Crippen molar-refractivity contribution in [1.29, 1.82) is 0 Å². The second kappa shape index (κ2) is 12.5. The number of thiazole rings is 1. The number of hydrogen-bond acceptors (Lipinski definition) is 10. The van der Waals surface area contributed by atoms with Gasteiger partial charge in [-0.2, -0.15) is 0 Å². The molecule has 0 spiro atoms. The molecule has 42 heavy (non-hydrogen) atoms. The number of anilines is 2. The van der Waals surface area contributed by atoms with Gasteiger partial charge in [-0.15, -0.1) is 11.3 Å². The normalized spacial score (nSPS) is 15.5. The number of aliphatic carboxylic acids is 1. The molecule has 2 amide bonds. The quantitative estimate of drug-likeness (QED) is 0.259. The first-order valence-corrected chi connectivity index (χ1v) is 14.1. The van der Waals surface area contributed by atoms with Crippen LogP contribution < -0.4 is 21.1 Å². The van der Waals surface area contributed by atoms with E-state index in [1.807, 2.05) is 26.2 Å². The van der Waals surface area contributed by atoms with Gasteiger partial charge in [0, 0.05) is 54.7 Å². The van der Waals surface area contributed by atoms with Gasteiger partial charge in [-0.3, -0.25) is 28.9 Å². The topological polar surface area (TPSA) is 172 Å². The second-order valence-electron chi connectivity index (χ2n) is 10.8. The van der Waals surface area contributed by atoms with E-state index in [1.165, 1.54) is 47.1 Å². The molecule has 0 radical (unpaired) electrons. The number of piperidine rings is 1. The molecular formula is C28H32N6O7S. The summed E-state index contributed by atoms with van der Waals surface area (Å²) in [4.78, 5) is 72.0. The molecule has 3 aromatic heterocycles. The smallest absolute Gasteiger partial charge is 0.328 e. The van der Waals surface area contributed by atoms with Crippen LogP contribution in [0, 0.1) is 0 Å². The highest BCUT2D eigenvalue weighted by Crippen LogP contribution is 2.27. The lowest BCUT2D eigenvalue weighted by molar-refractivity contribution is -0.146. The van der Waals surface area contributed by atoms with Crippen molar-refractivity contribution in [3.63, 3.8) is 0 Å². The molecule has 0 unspecified atom stereocenters. The number of esters is 1. The number of amides is 2. The lowest BCUT2D eigenvalue weighted by atomic mass is 9.93. The van der Waals surface area contributed by atoms with Gasteiger partial charge in [0.15, 0.2) is 11.7 Å². The Hall–Kier alpha value is -4.59. The van der Waals surface area contributed by atoms with E-state index in [-0.39, 0.29) is 40.6 Å². The number of nitrogens with zero attached hydrogens (tertiary/aromatic N) is 4. The largest absolute Gasteiger partial charge is 0.478 e. The number of hydrogen-bond donors (Lipinski definition) is 3. The van der Waals surface area contributed by atoms with Gasteiger partial charge in [-0.1, -0.05) is 20.8 Å². The molecule has 1 saturated heterocycles. The summed E-state index contributed by atoms with van der Waals surface area (Å²) >= 11 is 1.31. The monoisotopic (exact) mass is 596 g/mol. The first kappa shape index (κ1) is 30.4. The summed E-state index contributed by atoms with van der Waals surface area (Å²) in [6, 6.07) is 2.63. The van der Waals surface area contributed by atoms with Gasteiger partial charge < -0.3 is 20.1 Å². The first-order valence-electron chi connectivity index (χ1n) is 13.2. The van der Waals surface area contributed by atoms with Crippen LogP contribution in [0.5, 0.6) is 0 Å². The first-order chi connectivity index (χ1) is 19.8. The summed E-state index contributed by atoms with van der Waals surface area (Å²) in [6.45, 7) is 7.66. The predicted octanol–water partition coefficient (Wildman–Crippen LogP) is 2.45. The van der Waals surface area contributed by atoms with E-state index in [0.717, 1.165) is 11.8 Å². The summed E-state index contributed by atoms with van der Waals surface area (Å²) < 4.78 is 6.00. The van der Waals surface area contributed by atoms with Crippen molar-refractivity contribution in [3.05, 3.63) is 57.0 Å². The maximum atomic E-state index is 13.5. The third-order valence-electron chi connectivity index (χ3n) is 6.49. The fraction of sp³-hybridized carbons (Fsp3) is 0.393. The van der Waals surface area contributed by atoms with E-state index >= 15 is 0 Å². The van der Waals surface area contributed by atoms with Crippen LogP contribution in [0.3, 0.4) is 0 Å². The molecule has 0 aromatic carbocycles. The number of pyridine rings is 1. The molecule has 1 atom stereocenters. The van der Waals surface area contributed by atoms with Crippen LogP contribution in [-0.4, -0.2) is 69.0 Å². The van der Waals surface area contributed by atoms with Gasteiger partial charge in [0.05, 0.1) is 11.3 Å². The van der Waals surface area contributed by atoms with Crippen LogP contribution in [0.4, 0.5) is 10.9 Å². The second-order valence-corrected chi connectivity index (χ2v) is 11.7. The zero-order valence-corrected chi connectivity index (χ0v) is 24.5. The van der Waals surface area contributed by atoms with E-state index in [9.17, 15) is 29.1 Å². The Morgan fingerprint density at radius 1 is 1.24 bits per heavy atom. The maximum Gasteiger partial charge on any atom is 0.328 e. The van der Waals surface area contributed by atoms with Gasteiger partial charge in [-0.05, 0) is 31.1 Å². The van der Waals surface area contributed by atoms with Crippen molar-refractivity contribution in [1.82, 2.24) is 19.7 Å². The Labute approximate surface area is 245 Å². The molecule has 1 aliphatic heterocycles. The van der Waals surface area contributed by atoms with Crippen LogP contribution in [0.15, 0.2) is 34.6 Å². The Morgan fingerprint density at radius 2 is 2.00 bits per heavy atom. The third kappa shape index (κ3) is 7.37. The van der Waals surface area contributed by atoms with E-state index in [1.54, 1.807) is 4.90 Å². The Bertz CT molecular complexity index is 1620. The van der Waals surface area contributed by atoms with Crippen molar-refractivity contribution in [2.24, 2.45) is 0 Å². The number of nitrogens with one attached hydrogen (secondary N) is 2. The highest BCUT2D eigenvalue weighted by Gasteiger charge is 2.26. The van der Waals surface area contributed by atoms with E-state index in [2.05, 4.69) is 20.6 Å². The van der Waals surface area contributed by atoms with E-state index < -0.39 is 35.9 Å². The fourth-order valence-electron chi connectivity index (χ4n) is 4.39. The molecule has 13 nitrogen and oxygen atoms in total. The standard InChI is InChI=1S/C28H32N6O7S/c1-16(35)41-14-22(36)29-18-6-5-10-33(13-18)24-19(7-8-23(37)38)26(40)34-11-9-17(12-21(34)31-24)25(39)32-27-30-20(15-42-27)28(2,3)4/h7-9,11-12,15,18H,5-6,10,13-14H2,1-4H3,(H,29,36)(H,37,38)(H,30,32,39)/b8-7+/t18-/m0/s1. The Morgan fingerprint density at radius 3 is 2.67 bits per heavy atom. The Kier molecular flexibility index (Phi) is 9.05. The number of carboxylic acids is 1. The number of aromatic nitrogens is 3. The molecule has 4 rings (SSSR count). The van der Waals surface area contributed by atoms with Crippen LogP contribution in [-0.2, 0) is 24.5 Å². The van der Waals surface area contributed by atoms with E-state index in [0.29, 0.717) is 24.5 Å². The molecule has 3 N–H and O–H groups in total. The minimum Gasteiger partial charge on any atom is -0.478 e. The summed E-state index contributed by atoms with van der Waals surface area (Å²) in [5, 5.41) is 17.2. The van der Waals surface area contributed by atoms with Crippen molar-refractivity contribution in [2.45, 2.75) is 52.0 Å². The number of fused-ring (bicyclic) bond motifs is 1. The van der Waals surface area contributed by atoms with Crippen molar-refractivity contribution in [3.8, 4) is 0 Å². The Balaban J connectivity index is 1.65. The molecule has 222 valence electrons. The number of carbonyl (C=O) groups excluding carboxylic acids is 3. The molecule has 3 aromatic rings. The average Bonchev–Trinajstić information content (AvgIpc) is 3.40. The van der Waals surface area contributed by atoms with Gasteiger partial charge in [-0.25, -0.2) is 14.8 Å². The molecule has 14 heteroatoms. The summed E-state index contributed by atoms with van der Waals surface area (Å²) in [5.41, 5.74) is 0.652. The number of carbonyl (C=O) groups is 4. The highest BCUT2D eigenvalue weighted by molar-refractivity contribution is 7.14. The molecule has 1 fully saturated rings. The average molecular weight is 597 g/mol. The van der Waals surface area contributed by atoms with Crippen LogP contribution in [0.25, 0.3) is 11.7 Å². The van der Waals surface area contributed by atoms with Gasteiger partial charge in [0.1, 0.15) is 11.5 Å². The fourth-order valence-corrected chi connectivity index (χ4v) is 5.32. The van der Waals surface area contributed by atoms with Crippen LogP contribution in [0.1, 0.15) is 62.2 Å². The third-order valence-corrected chi connectivity index (χ3v) is 7.24. The highest BCUT2D eigenvalue weighted by atomic mass is 32.1. The molecular weight excluding hydrogens is 564 g/mol. The maximum absolute atomic E-state index is 13.5. The van der Waals surface area contributed by atoms with Crippen molar-refractivity contribution in [2.75, 3.05) is 29.9 Å². The van der Waals surface area contributed by atoms with E-state index in [4.69, 9.17) is 4.74 Å².